The molecule has 0 aliphatic carbocycles. The van der Waals surface area contributed by atoms with Crippen LogP contribution < -0.4 is 5.32 Å². The fourth-order valence-corrected chi connectivity index (χ4v) is 2.62. The number of amides is 1. The molecule has 4 nitrogen and oxygen atoms in total. The minimum Gasteiger partial charge on any atom is -0.441 e. The molecule has 0 aliphatic rings. The lowest BCUT2D eigenvalue weighted by molar-refractivity contribution is 0.0930. The number of rotatable bonds is 6. The molecule has 1 aromatic heterocycles. The number of carbonyl (C=O) groups is 1. The number of nitrogens with one attached hydrogen (secondary N) is 1. The number of nitrogens with zero attached hydrogens (tertiary/aromatic N) is 1. The zero-order valence-corrected chi connectivity index (χ0v) is 13.3. The van der Waals surface area contributed by atoms with Gasteiger partial charge in [0.1, 0.15) is 5.52 Å². The molecular formula is C17H24N2O2. The molecule has 0 fully saturated rings. The Morgan fingerprint density at radius 2 is 2.14 bits per heavy atom. The molecule has 114 valence electrons. The van der Waals surface area contributed by atoms with Crippen molar-refractivity contribution in [2.75, 3.05) is 0 Å². The second-order valence-corrected chi connectivity index (χ2v) is 6.00. The van der Waals surface area contributed by atoms with Gasteiger partial charge in [-0.2, -0.15) is 0 Å². The summed E-state index contributed by atoms with van der Waals surface area (Å²) in [6.45, 7) is 8.31. The molecule has 0 saturated carbocycles. The fraction of sp³-hybridized carbons (Fsp3) is 0.529. The second-order valence-electron chi connectivity index (χ2n) is 6.00. The molecule has 0 bridgehead atoms. The summed E-state index contributed by atoms with van der Waals surface area (Å²) in [5, 5.41) is 3.14. The van der Waals surface area contributed by atoms with Gasteiger partial charge in [-0.05, 0) is 37.0 Å². The summed E-state index contributed by atoms with van der Waals surface area (Å²) in [7, 11) is 0. The van der Waals surface area contributed by atoms with E-state index in [0.717, 1.165) is 30.4 Å². The molecule has 1 unspecified atom stereocenters. The topological polar surface area (TPSA) is 55.1 Å². The zero-order chi connectivity index (χ0) is 15.4. The zero-order valence-electron chi connectivity index (χ0n) is 13.3. The number of carbonyl (C=O) groups excluding carboxylic acids is 1. The van der Waals surface area contributed by atoms with E-state index in [1.54, 1.807) is 19.1 Å². The van der Waals surface area contributed by atoms with Crippen molar-refractivity contribution < 1.29 is 9.21 Å². The number of hydrogen-bond donors (Lipinski definition) is 1. The first kappa shape index (κ1) is 15.5. The van der Waals surface area contributed by atoms with Crippen molar-refractivity contribution in [2.45, 2.75) is 53.0 Å². The molecule has 0 spiro atoms. The number of benzene rings is 1. The third-order valence-electron chi connectivity index (χ3n) is 3.48. The van der Waals surface area contributed by atoms with E-state index in [-0.39, 0.29) is 11.9 Å². The third-order valence-corrected chi connectivity index (χ3v) is 3.48. The van der Waals surface area contributed by atoms with Crippen LogP contribution in [0.2, 0.25) is 0 Å². The summed E-state index contributed by atoms with van der Waals surface area (Å²) in [6.07, 6.45) is 3.08. The number of aryl methyl sites for hydroxylation is 1. The van der Waals surface area contributed by atoms with Crippen molar-refractivity contribution in [1.82, 2.24) is 10.3 Å². The van der Waals surface area contributed by atoms with E-state index in [2.05, 4.69) is 31.1 Å². The first-order valence-electron chi connectivity index (χ1n) is 7.67. The highest BCUT2D eigenvalue weighted by molar-refractivity contribution is 5.97. The molecule has 1 heterocycles. The molecule has 1 N–H and O–H groups in total. The van der Waals surface area contributed by atoms with Crippen molar-refractivity contribution in [2.24, 2.45) is 5.92 Å². The summed E-state index contributed by atoms with van der Waals surface area (Å²) in [5.41, 5.74) is 2.09. The Hall–Kier alpha value is -1.84. The number of oxazole rings is 1. The van der Waals surface area contributed by atoms with Gasteiger partial charge < -0.3 is 9.73 Å². The van der Waals surface area contributed by atoms with E-state index in [9.17, 15) is 4.79 Å². The number of hydrogen-bond acceptors (Lipinski definition) is 3. The van der Waals surface area contributed by atoms with Gasteiger partial charge in [-0.25, -0.2) is 4.98 Å². The largest absolute Gasteiger partial charge is 0.441 e. The van der Waals surface area contributed by atoms with Crippen LogP contribution in [0.15, 0.2) is 22.6 Å². The van der Waals surface area contributed by atoms with Crippen LogP contribution in [0.25, 0.3) is 11.1 Å². The van der Waals surface area contributed by atoms with Gasteiger partial charge >= 0.3 is 0 Å². The van der Waals surface area contributed by atoms with Crippen LogP contribution in [0.4, 0.5) is 0 Å². The molecule has 0 aliphatic heterocycles. The summed E-state index contributed by atoms with van der Waals surface area (Å²) in [4.78, 5) is 16.7. The monoisotopic (exact) mass is 288 g/mol. The average molecular weight is 288 g/mol. The van der Waals surface area contributed by atoms with E-state index < -0.39 is 0 Å². The van der Waals surface area contributed by atoms with Crippen LogP contribution >= 0.6 is 0 Å². The van der Waals surface area contributed by atoms with Crippen molar-refractivity contribution in [3.63, 3.8) is 0 Å². The van der Waals surface area contributed by atoms with E-state index in [1.807, 2.05) is 6.07 Å². The molecular weight excluding hydrogens is 264 g/mol. The summed E-state index contributed by atoms with van der Waals surface area (Å²) in [5.74, 6) is 1.16. The van der Waals surface area contributed by atoms with Gasteiger partial charge in [0.05, 0.1) is 0 Å². The van der Waals surface area contributed by atoms with Crippen LogP contribution in [0.1, 0.15) is 56.3 Å². The SMILES string of the molecule is CCCC(CC(C)C)NC(=O)c1ccc2oc(C)nc2c1. The van der Waals surface area contributed by atoms with Crippen molar-refractivity contribution in [3.05, 3.63) is 29.7 Å². The fourth-order valence-electron chi connectivity index (χ4n) is 2.62. The normalized spacial score (nSPS) is 12.8. The summed E-state index contributed by atoms with van der Waals surface area (Å²) >= 11 is 0. The highest BCUT2D eigenvalue weighted by atomic mass is 16.3. The minimum absolute atomic E-state index is 0.0309. The molecule has 0 saturated heterocycles. The molecule has 0 radical (unpaired) electrons. The van der Waals surface area contributed by atoms with Gasteiger partial charge in [-0.1, -0.05) is 27.2 Å². The first-order chi connectivity index (χ1) is 9.99. The lowest BCUT2D eigenvalue weighted by Crippen LogP contribution is -2.35. The number of aromatic nitrogens is 1. The lowest BCUT2D eigenvalue weighted by atomic mass is 9.99. The van der Waals surface area contributed by atoms with Gasteiger partial charge in [-0.15, -0.1) is 0 Å². The van der Waals surface area contributed by atoms with Gasteiger partial charge in [0.15, 0.2) is 11.5 Å². The van der Waals surface area contributed by atoms with E-state index in [4.69, 9.17) is 4.42 Å². The van der Waals surface area contributed by atoms with Crippen molar-refractivity contribution in [1.29, 1.82) is 0 Å². The second kappa shape index (κ2) is 6.74. The Labute approximate surface area is 125 Å². The summed E-state index contributed by atoms with van der Waals surface area (Å²) < 4.78 is 5.43. The predicted octanol–water partition coefficient (Wildman–Crippen LogP) is 4.08. The van der Waals surface area contributed by atoms with Gasteiger partial charge in [0.2, 0.25) is 0 Å². The van der Waals surface area contributed by atoms with Crippen molar-refractivity contribution in [3.8, 4) is 0 Å². The Morgan fingerprint density at radius 1 is 1.38 bits per heavy atom. The lowest BCUT2D eigenvalue weighted by Gasteiger charge is -2.20. The highest BCUT2D eigenvalue weighted by Crippen LogP contribution is 2.17. The summed E-state index contributed by atoms with van der Waals surface area (Å²) in [6, 6.07) is 5.62. The third kappa shape index (κ3) is 4.06. The van der Waals surface area contributed by atoms with Crippen LogP contribution in [-0.2, 0) is 0 Å². The van der Waals surface area contributed by atoms with Crippen LogP contribution in [0, 0.1) is 12.8 Å². The first-order valence-corrected chi connectivity index (χ1v) is 7.67. The molecule has 1 amide bonds. The Morgan fingerprint density at radius 3 is 2.81 bits per heavy atom. The predicted molar refractivity (Wildman–Crippen MR) is 84.4 cm³/mol. The molecule has 1 aromatic carbocycles. The maximum absolute atomic E-state index is 12.4. The average Bonchev–Trinajstić information content (AvgIpc) is 2.77. The molecule has 21 heavy (non-hydrogen) atoms. The molecule has 2 aromatic rings. The smallest absolute Gasteiger partial charge is 0.251 e. The van der Waals surface area contributed by atoms with Gasteiger partial charge in [0, 0.05) is 18.5 Å². The minimum atomic E-state index is -0.0309. The number of fused-ring (bicyclic) bond motifs is 1. The van der Waals surface area contributed by atoms with Gasteiger partial charge in [0.25, 0.3) is 5.91 Å². The molecule has 1 atom stereocenters. The van der Waals surface area contributed by atoms with E-state index in [1.165, 1.54) is 0 Å². The highest BCUT2D eigenvalue weighted by Gasteiger charge is 2.15. The van der Waals surface area contributed by atoms with Crippen molar-refractivity contribution >= 4 is 17.0 Å². The van der Waals surface area contributed by atoms with Crippen LogP contribution in [-0.4, -0.2) is 16.9 Å². The van der Waals surface area contributed by atoms with Crippen LogP contribution in [0.5, 0.6) is 0 Å². The van der Waals surface area contributed by atoms with Crippen LogP contribution in [0.3, 0.4) is 0 Å². The van der Waals surface area contributed by atoms with E-state index >= 15 is 0 Å². The van der Waals surface area contributed by atoms with Gasteiger partial charge in [-0.3, -0.25) is 4.79 Å². The Bertz CT molecular complexity index is 616. The Kier molecular flexibility index (Phi) is 4.99. The standard InChI is InChI=1S/C17H24N2O2/c1-5-6-14(9-11(2)3)19-17(20)13-7-8-16-15(10-13)18-12(4)21-16/h7-8,10-11,14H,5-6,9H2,1-4H3,(H,19,20). The molecule has 4 heteroatoms. The Balaban J connectivity index is 2.12. The maximum atomic E-state index is 12.4. The quantitative estimate of drug-likeness (QED) is 0.871. The maximum Gasteiger partial charge on any atom is 0.251 e. The molecule has 2 rings (SSSR count). The van der Waals surface area contributed by atoms with E-state index in [0.29, 0.717) is 17.4 Å².